The number of aliphatic hydroxyl groups excluding tert-OH is 3. The number of rotatable bonds is 6. The molecule has 0 aromatic carbocycles. The van der Waals surface area contributed by atoms with E-state index in [2.05, 4.69) is 20.8 Å². The van der Waals surface area contributed by atoms with Gasteiger partial charge in [-0.25, -0.2) is 0 Å². The van der Waals surface area contributed by atoms with E-state index in [1.54, 1.807) is 0 Å². The van der Waals surface area contributed by atoms with Gasteiger partial charge in [0.1, 0.15) is 0 Å². The van der Waals surface area contributed by atoms with Crippen molar-refractivity contribution in [3.63, 3.8) is 0 Å². The molecular weight excluding hydrogens is 206 g/mol. The van der Waals surface area contributed by atoms with Crippen LogP contribution in [0.15, 0.2) is 0 Å². The van der Waals surface area contributed by atoms with Gasteiger partial charge in [0.05, 0.1) is 0 Å². The molecule has 0 bridgehead atoms. The molecule has 0 rings (SSSR count). The minimum absolute atomic E-state index is 0. The van der Waals surface area contributed by atoms with Crippen LogP contribution in [0.3, 0.4) is 0 Å². The zero-order chi connectivity index (χ0) is 12.4. The second-order valence-corrected chi connectivity index (χ2v) is 3.23. The van der Waals surface area contributed by atoms with E-state index in [1.807, 2.05) is 0 Å². The maximum atomic E-state index is 8.07. The molecule has 0 aromatic rings. The van der Waals surface area contributed by atoms with Gasteiger partial charge in [-0.15, -0.1) is 0 Å². The normalized spacial score (nSPS) is 7.88. The Kier molecular flexibility index (Phi) is 56.6. The first-order chi connectivity index (χ1) is 7.24. The fraction of sp³-hybridized carbons (Fsp3) is 1.00. The minimum atomic E-state index is 0. The molecule has 0 radical (unpaired) electrons. The number of unbranched alkanes of at least 4 members (excludes halogenated alkanes) is 3. The first kappa shape index (κ1) is 24.9. The lowest BCUT2D eigenvalue weighted by Gasteiger charge is -1.79. The standard InChI is InChI=1S/3C4H10O.H3N/c3*1-2-3-4-5;/h3*5H,2-4H2,1H3;1H3. The maximum absolute atomic E-state index is 8.07. The third-order valence-electron chi connectivity index (χ3n) is 1.54. The second-order valence-electron chi connectivity index (χ2n) is 3.23. The van der Waals surface area contributed by atoms with Gasteiger partial charge in [0, 0.05) is 19.8 Å². The van der Waals surface area contributed by atoms with Crippen molar-refractivity contribution in [3.8, 4) is 0 Å². The molecule has 0 aliphatic rings. The van der Waals surface area contributed by atoms with Gasteiger partial charge < -0.3 is 21.5 Å². The Hall–Kier alpha value is -0.160. The summed E-state index contributed by atoms with van der Waals surface area (Å²) in [7, 11) is 0. The number of aliphatic hydroxyl groups is 3. The first-order valence-electron chi connectivity index (χ1n) is 6.07. The van der Waals surface area contributed by atoms with Crippen LogP contribution in [0.4, 0.5) is 0 Å². The van der Waals surface area contributed by atoms with Crippen LogP contribution in [0, 0.1) is 0 Å². The summed E-state index contributed by atoms with van der Waals surface area (Å²) in [5, 5.41) is 24.2. The summed E-state index contributed by atoms with van der Waals surface area (Å²) in [5.41, 5.74) is 0. The molecule has 0 fully saturated rings. The fourth-order valence-corrected chi connectivity index (χ4v) is 0.474. The van der Waals surface area contributed by atoms with Crippen LogP contribution in [-0.2, 0) is 0 Å². The van der Waals surface area contributed by atoms with Gasteiger partial charge >= 0.3 is 0 Å². The molecule has 104 valence electrons. The third kappa shape index (κ3) is 66.9. The molecule has 0 spiro atoms. The van der Waals surface area contributed by atoms with Gasteiger partial charge in [0.15, 0.2) is 0 Å². The highest BCUT2D eigenvalue weighted by molar-refractivity contribution is 4.24. The molecule has 0 aliphatic carbocycles. The van der Waals surface area contributed by atoms with Crippen molar-refractivity contribution in [1.82, 2.24) is 6.15 Å². The van der Waals surface area contributed by atoms with Crippen LogP contribution >= 0.6 is 0 Å². The highest BCUT2D eigenvalue weighted by Gasteiger charge is 1.70. The summed E-state index contributed by atoms with van der Waals surface area (Å²) < 4.78 is 0. The van der Waals surface area contributed by atoms with Crippen molar-refractivity contribution in [2.45, 2.75) is 59.3 Å². The van der Waals surface area contributed by atoms with Crippen LogP contribution < -0.4 is 6.15 Å². The second kappa shape index (κ2) is 36.4. The zero-order valence-corrected chi connectivity index (χ0v) is 11.4. The molecule has 0 heterocycles. The highest BCUT2D eigenvalue weighted by atomic mass is 16.3. The molecule has 0 aliphatic heterocycles. The van der Waals surface area contributed by atoms with Gasteiger partial charge in [-0.2, -0.15) is 0 Å². The smallest absolute Gasteiger partial charge is 0.0430 e. The van der Waals surface area contributed by atoms with Crippen molar-refractivity contribution in [2.75, 3.05) is 19.8 Å². The predicted octanol–water partition coefficient (Wildman–Crippen LogP) is 2.50. The van der Waals surface area contributed by atoms with Crippen molar-refractivity contribution in [1.29, 1.82) is 0 Å². The van der Waals surface area contributed by atoms with Crippen molar-refractivity contribution in [3.05, 3.63) is 0 Å². The lowest BCUT2D eigenvalue weighted by atomic mass is 10.4. The lowest BCUT2D eigenvalue weighted by Crippen LogP contribution is -1.75. The van der Waals surface area contributed by atoms with E-state index < -0.39 is 0 Å². The Morgan fingerprint density at radius 3 is 0.750 bits per heavy atom. The van der Waals surface area contributed by atoms with Crippen molar-refractivity contribution >= 4 is 0 Å². The van der Waals surface area contributed by atoms with Gasteiger partial charge in [0.25, 0.3) is 0 Å². The van der Waals surface area contributed by atoms with Gasteiger partial charge in [-0.3, -0.25) is 0 Å². The fourth-order valence-electron chi connectivity index (χ4n) is 0.474. The van der Waals surface area contributed by atoms with E-state index in [4.69, 9.17) is 15.3 Å². The first-order valence-corrected chi connectivity index (χ1v) is 6.07. The van der Waals surface area contributed by atoms with Crippen LogP contribution in [0.5, 0.6) is 0 Å². The Morgan fingerprint density at radius 1 is 0.562 bits per heavy atom. The summed E-state index contributed by atoms with van der Waals surface area (Å²) in [4.78, 5) is 0. The molecule has 6 N–H and O–H groups in total. The van der Waals surface area contributed by atoms with E-state index in [1.165, 1.54) is 0 Å². The van der Waals surface area contributed by atoms with E-state index in [-0.39, 0.29) is 6.15 Å². The predicted molar refractivity (Wildman–Crippen MR) is 71.0 cm³/mol. The average Bonchev–Trinajstić information content (AvgIpc) is 2.23. The van der Waals surface area contributed by atoms with E-state index >= 15 is 0 Å². The van der Waals surface area contributed by atoms with Crippen molar-refractivity contribution < 1.29 is 15.3 Å². The van der Waals surface area contributed by atoms with E-state index in [0.29, 0.717) is 19.8 Å². The molecule has 0 saturated carbocycles. The molecule has 0 saturated heterocycles. The summed E-state index contributed by atoms with van der Waals surface area (Å²) in [6.07, 6.45) is 6.11. The molecule has 0 amide bonds. The Balaban J connectivity index is -0.0000000655. The van der Waals surface area contributed by atoms with Gasteiger partial charge in [0.2, 0.25) is 0 Å². The zero-order valence-electron chi connectivity index (χ0n) is 11.4. The third-order valence-corrected chi connectivity index (χ3v) is 1.54. The molecular formula is C12H33NO3. The summed E-state index contributed by atoms with van der Waals surface area (Å²) in [6, 6.07) is 0. The largest absolute Gasteiger partial charge is 0.396 e. The summed E-state index contributed by atoms with van der Waals surface area (Å²) in [6.45, 7) is 7.19. The summed E-state index contributed by atoms with van der Waals surface area (Å²) in [5.74, 6) is 0. The monoisotopic (exact) mass is 239 g/mol. The van der Waals surface area contributed by atoms with Gasteiger partial charge in [-0.1, -0.05) is 40.0 Å². The Bertz CT molecular complexity index is 53.0. The number of hydrogen-bond acceptors (Lipinski definition) is 4. The molecule has 0 atom stereocenters. The Morgan fingerprint density at radius 2 is 0.750 bits per heavy atom. The van der Waals surface area contributed by atoms with Crippen LogP contribution in [0.25, 0.3) is 0 Å². The van der Waals surface area contributed by atoms with E-state index in [9.17, 15) is 0 Å². The van der Waals surface area contributed by atoms with Crippen molar-refractivity contribution in [2.24, 2.45) is 0 Å². The molecule has 0 aromatic heterocycles. The minimum Gasteiger partial charge on any atom is -0.396 e. The quantitative estimate of drug-likeness (QED) is 0.572. The summed E-state index contributed by atoms with van der Waals surface area (Å²) >= 11 is 0. The molecule has 0 unspecified atom stereocenters. The lowest BCUT2D eigenvalue weighted by molar-refractivity contribution is 0.286. The van der Waals surface area contributed by atoms with Crippen LogP contribution in [0.1, 0.15) is 59.3 Å². The maximum Gasteiger partial charge on any atom is 0.0430 e. The Labute approximate surface area is 101 Å². The van der Waals surface area contributed by atoms with Crippen LogP contribution in [-0.4, -0.2) is 35.1 Å². The van der Waals surface area contributed by atoms with E-state index in [0.717, 1.165) is 38.5 Å². The number of hydrogen-bond donors (Lipinski definition) is 4. The van der Waals surface area contributed by atoms with Gasteiger partial charge in [-0.05, 0) is 19.3 Å². The topological polar surface area (TPSA) is 95.7 Å². The van der Waals surface area contributed by atoms with Crippen LogP contribution in [0.2, 0.25) is 0 Å². The highest BCUT2D eigenvalue weighted by Crippen LogP contribution is 1.79. The molecule has 4 nitrogen and oxygen atoms in total. The molecule has 16 heavy (non-hydrogen) atoms. The average molecular weight is 239 g/mol. The molecule has 4 heteroatoms. The SMILES string of the molecule is CCCCO.CCCCO.CCCCO.N.